The molecular formula is C21H20N2O4S. The summed E-state index contributed by atoms with van der Waals surface area (Å²) in [5.74, 6) is -0.518. The number of hydrogen-bond donors (Lipinski definition) is 1. The van der Waals surface area contributed by atoms with Crippen LogP contribution in [0.1, 0.15) is 29.8 Å². The first kappa shape index (κ1) is 19.7. The summed E-state index contributed by atoms with van der Waals surface area (Å²) in [5.41, 5.74) is 1.51. The number of ether oxygens (including phenoxy) is 1. The van der Waals surface area contributed by atoms with Gasteiger partial charge in [0, 0.05) is 12.6 Å². The van der Waals surface area contributed by atoms with E-state index in [1.807, 2.05) is 0 Å². The SMILES string of the molecule is CC(C)OC(=O)c1cccc(N=C2S/C(=C/c3ccccc3O)C(=O)N2C)c1. The van der Waals surface area contributed by atoms with Gasteiger partial charge >= 0.3 is 5.97 Å². The predicted molar refractivity (Wildman–Crippen MR) is 111 cm³/mol. The fourth-order valence-corrected chi connectivity index (χ4v) is 3.48. The van der Waals surface area contributed by atoms with E-state index in [0.717, 1.165) is 0 Å². The lowest BCUT2D eigenvalue weighted by molar-refractivity contribution is -0.121. The Bertz CT molecular complexity index is 982. The summed E-state index contributed by atoms with van der Waals surface area (Å²) in [6.07, 6.45) is 1.43. The number of aliphatic imine (C=N–C) groups is 1. The maximum atomic E-state index is 12.5. The zero-order chi connectivity index (χ0) is 20.3. The fraction of sp³-hybridized carbons (Fsp3) is 0.190. The molecule has 1 aliphatic heterocycles. The Labute approximate surface area is 167 Å². The Morgan fingerprint density at radius 2 is 1.96 bits per heavy atom. The number of amides is 1. The number of thioether (sulfide) groups is 1. The first-order valence-corrected chi connectivity index (χ1v) is 9.52. The van der Waals surface area contributed by atoms with Gasteiger partial charge in [0.05, 0.1) is 22.3 Å². The molecule has 3 rings (SSSR count). The largest absolute Gasteiger partial charge is 0.507 e. The van der Waals surface area contributed by atoms with Crippen molar-refractivity contribution in [3.05, 3.63) is 64.6 Å². The molecule has 0 radical (unpaired) electrons. The number of amidine groups is 1. The zero-order valence-corrected chi connectivity index (χ0v) is 16.6. The zero-order valence-electron chi connectivity index (χ0n) is 15.7. The van der Waals surface area contributed by atoms with E-state index in [-0.39, 0.29) is 17.8 Å². The monoisotopic (exact) mass is 396 g/mol. The maximum Gasteiger partial charge on any atom is 0.338 e. The number of rotatable bonds is 4. The van der Waals surface area contributed by atoms with Crippen LogP contribution in [0.5, 0.6) is 5.75 Å². The highest BCUT2D eigenvalue weighted by Gasteiger charge is 2.30. The Hall–Kier alpha value is -3.06. The van der Waals surface area contributed by atoms with Crippen LogP contribution < -0.4 is 0 Å². The quantitative estimate of drug-likeness (QED) is 0.619. The number of esters is 1. The van der Waals surface area contributed by atoms with E-state index in [0.29, 0.717) is 26.9 Å². The molecule has 2 aromatic rings. The van der Waals surface area contributed by atoms with E-state index in [9.17, 15) is 14.7 Å². The number of benzene rings is 2. The first-order valence-electron chi connectivity index (χ1n) is 8.70. The lowest BCUT2D eigenvalue weighted by atomic mass is 10.2. The van der Waals surface area contributed by atoms with Crippen LogP contribution in [0.2, 0.25) is 0 Å². The third-order valence-electron chi connectivity index (χ3n) is 3.88. The number of carbonyl (C=O) groups excluding carboxylic acids is 2. The van der Waals surface area contributed by atoms with E-state index < -0.39 is 5.97 Å². The number of likely N-dealkylation sites (N-methyl/N-ethyl adjacent to an activating group) is 1. The fourth-order valence-electron chi connectivity index (χ4n) is 2.50. The van der Waals surface area contributed by atoms with Crippen molar-refractivity contribution >= 4 is 40.6 Å². The van der Waals surface area contributed by atoms with E-state index in [1.165, 1.54) is 16.7 Å². The number of hydrogen-bond acceptors (Lipinski definition) is 6. The van der Waals surface area contributed by atoms with Gasteiger partial charge in [-0.15, -0.1) is 0 Å². The molecule has 1 aliphatic rings. The van der Waals surface area contributed by atoms with Crippen molar-refractivity contribution in [2.45, 2.75) is 20.0 Å². The van der Waals surface area contributed by atoms with Crippen LogP contribution in [0.4, 0.5) is 5.69 Å². The lowest BCUT2D eigenvalue weighted by Crippen LogP contribution is -2.23. The minimum absolute atomic E-state index is 0.104. The molecule has 0 aliphatic carbocycles. The van der Waals surface area contributed by atoms with Gasteiger partial charge in [-0.05, 0) is 56.0 Å². The third kappa shape index (κ3) is 4.43. The summed E-state index contributed by atoms with van der Waals surface area (Å²) in [7, 11) is 1.64. The molecule has 0 aromatic heterocycles. The van der Waals surface area contributed by atoms with Gasteiger partial charge in [0.1, 0.15) is 5.75 Å². The van der Waals surface area contributed by atoms with Crippen molar-refractivity contribution in [3.8, 4) is 5.75 Å². The minimum atomic E-state index is -0.416. The number of carbonyl (C=O) groups is 2. The molecule has 1 N–H and O–H groups in total. The van der Waals surface area contributed by atoms with Crippen LogP contribution in [0, 0.1) is 0 Å². The molecule has 0 unspecified atom stereocenters. The van der Waals surface area contributed by atoms with Crippen molar-refractivity contribution < 1.29 is 19.4 Å². The molecule has 0 atom stereocenters. The van der Waals surface area contributed by atoms with Gasteiger partial charge in [0.15, 0.2) is 5.17 Å². The van der Waals surface area contributed by atoms with Crippen LogP contribution in [0.3, 0.4) is 0 Å². The van der Waals surface area contributed by atoms with E-state index >= 15 is 0 Å². The molecule has 144 valence electrons. The average molecular weight is 396 g/mol. The van der Waals surface area contributed by atoms with Crippen molar-refractivity contribution in [1.82, 2.24) is 4.90 Å². The predicted octanol–water partition coefficient (Wildman–Crippen LogP) is 4.19. The Balaban J connectivity index is 1.86. The van der Waals surface area contributed by atoms with E-state index in [1.54, 1.807) is 75.5 Å². The summed E-state index contributed by atoms with van der Waals surface area (Å²) in [4.78, 5) is 31.0. The van der Waals surface area contributed by atoms with Crippen molar-refractivity contribution in [2.75, 3.05) is 7.05 Å². The first-order chi connectivity index (χ1) is 13.3. The molecular weight excluding hydrogens is 376 g/mol. The third-order valence-corrected chi connectivity index (χ3v) is 4.94. The molecule has 6 nitrogen and oxygen atoms in total. The number of para-hydroxylation sites is 1. The molecule has 0 bridgehead atoms. The number of aromatic hydroxyl groups is 1. The highest BCUT2D eigenvalue weighted by Crippen LogP contribution is 2.34. The standard InChI is InChI=1S/C21H20N2O4S/c1-13(2)27-20(26)15-8-6-9-16(11-15)22-21-23(3)19(25)18(28-21)12-14-7-4-5-10-17(14)24/h4-13,24H,1-3H3/b18-12+,22-21?. The highest BCUT2D eigenvalue weighted by molar-refractivity contribution is 8.18. The maximum absolute atomic E-state index is 12.5. The number of phenols is 1. The van der Waals surface area contributed by atoms with Crippen LogP contribution in [0.15, 0.2) is 58.4 Å². The summed E-state index contributed by atoms with van der Waals surface area (Å²) in [6, 6.07) is 13.6. The number of nitrogens with zero attached hydrogens (tertiary/aromatic N) is 2. The van der Waals surface area contributed by atoms with Crippen molar-refractivity contribution in [2.24, 2.45) is 4.99 Å². The molecule has 2 aromatic carbocycles. The second-order valence-electron chi connectivity index (χ2n) is 6.43. The van der Waals surface area contributed by atoms with Gasteiger partial charge in [-0.3, -0.25) is 9.69 Å². The van der Waals surface area contributed by atoms with Crippen LogP contribution >= 0.6 is 11.8 Å². The van der Waals surface area contributed by atoms with Gasteiger partial charge in [-0.2, -0.15) is 0 Å². The summed E-state index contributed by atoms with van der Waals surface area (Å²) >= 11 is 1.21. The summed E-state index contributed by atoms with van der Waals surface area (Å²) < 4.78 is 5.20. The highest BCUT2D eigenvalue weighted by atomic mass is 32.2. The van der Waals surface area contributed by atoms with E-state index in [2.05, 4.69) is 4.99 Å². The van der Waals surface area contributed by atoms with Crippen LogP contribution in [-0.4, -0.2) is 40.2 Å². The Morgan fingerprint density at radius 1 is 1.21 bits per heavy atom. The van der Waals surface area contributed by atoms with Gasteiger partial charge < -0.3 is 9.84 Å². The molecule has 1 amide bonds. The Morgan fingerprint density at radius 3 is 2.68 bits per heavy atom. The van der Waals surface area contributed by atoms with Gasteiger partial charge in [-0.25, -0.2) is 9.79 Å². The normalized spacial score (nSPS) is 17.0. The Kier molecular flexibility index (Phi) is 5.84. The van der Waals surface area contributed by atoms with Gasteiger partial charge in [0.25, 0.3) is 5.91 Å². The molecule has 0 saturated carbocycles. The molecule has 1 heterocycles. The second kappa shape index (κ2) is 8.31. The molecule has 7 heteroatoms. The van der Waals surface area contributed by atoms with Crippen LogP contribution in [-0.2, 0) is 9.53 Å². The second-order valence-corrected chi connectivity index (χ2v) is 7.44. The molecule has 1 saturated heterocycles. The summed E-state index contributed by atoms with van der Waals surface area (Å²) in [6.45, 7) is 3.58. The van der Waals surface area contributed by atoms with E-state index in [4.69, 9.17) is 4.74 Å². The van der Waals surface area contributed by atoms with Crippen molar-refractivity contribution in [1.29, 1.82) is 0 Å². The summed E-state index contributed by atoms with van der Waals surface area (Å²) in [5, 5.41) is 10.4. The topological polar surface area (TPSA) is 79.2 Å². The smallest absolute Gasteiger partial charge is 0.338 e. The van der Waals surface area contributed by atoms with Crippen LogP contribution in [0.25, 0.3) is 6.08 Å². The van der Waals surface area contributed by atoms with Gasteiger partial charge in [-0.1, -0.05) is 24.3 Å². The molecule has 28 heavy (non-hydrogen) atoms. The molecule has 1 fully saturated rings. The average Bonchev–Trinajstić information content (AvgIpc) is 2.91. The lowest BCUT2D eigenvalue weighted by Gasteiger charge is -2.09. The molecule has 0 spiro atoms. The number of phenolic OH excluding ortho intramolecular Hbond substituents is 1. The minimum Gasteiger partial charge on any atom is -0.507 e. The van der Waals surface area contributed by atoms with Crippen molar-refractivity contribution in [3.63, 3.8) is 0 Å². The van der Waals surface area contributed by atoms with Gasteiger partial charge in [0.2, 0.25) is 0 Å².